The molecule has 6 heteroatoms. The smallest absolute Gasteiger partial charge is 0.265 e. The van der Waals surface area contributed by atoms with E-state index in [1.165, 1.54) is 154 Å². The molecule has 0 saturated carbocycles. The highest BCUT2D eigenvalue weighted by atomic mass is 31.2. The fourth-order valence-corrected chi connectivity index (χ4v) is 7.53. The molecule has 0 spiro atoms. The molecule has 0 radical (unpaired) electrons. The number of unbranched alkanes of at least 4 members (excludes halogenated alkanes) is 26. The maximum atomic E-state index is 12.0. The molecule has 260 valence electrons. The van der Waals surface area contributed by atoms with Crippen molar-refractivity contribution < 1.29 is 23.4 Å². The maximum Gasteiger partial charge on any atom is 0.265 e. The Morgan fingerprint density at radius 1 is 0.512 bits per heavy atom. The van der Waals surface area contributed by atoms with Crippen LogP contribution in [0, 0.1) is 0 Å². The minimum Gasteiger partial charge on any atom is -0.756 e. The normalized spacial score (nSPS) is 13.9. The van der Waals surface area contributed by atoms with E-state index in [1.807, 2.05) is 0 Å². The van der Waals surface area contributed by atoms with Gasteiger partial charge in [-0.2, -0.15) is 0 Å². The van der Waals surface area contributed by atoms with Crippen LogP contribution in [0.5, 0.6) is 0 Å². The molecular formula is C37H78NO4P. The molecule has 0 bridgehead atoms. The molecule has 1 N–H and O–H groups in total. The molecule has 0 rings (SSSR count). The van der Waals surface area contributed by atoms with E-state index < -0.39 is 13.4 Å². The van der Waals surface area contributed by atoms with Gasteiger partial charge in [0, 0.05) is 0 Å². The van der Waals surface area contributed by atoms with E-state index in [2.05, 4.69) is 35.0 Å². The van der Waals surface area contributed by atoms with Crippen LogP contribution >= 0.6 is 7.82 Å². The summed E-state index contributed by atoms with van der Waals surface area (Å²) >= 11 is 0. The van der Waals surface area contributed by atoms with Gasteiger partial charge in [0.1, 0.15) is 12.1 Å². The van der Waals surface area contributed by atoms with Crippen LogP contribution in [-0.2, 0) is 9.09 Å². The van der Waals surface area contributed by atoms with Gasteiger partial charge in [-0.1, -0.05) is 194 Å². The predicted octanol–water partition coefficient (Wildman–Crippen LogP) is 11.7. The zero-order valence-electron chi connectivity index (χ0n) is 30.0. The molecule has 1 atom stereocenters. The highest BCUT2D eigenvalue weighted by molar-refractivity contribution is 7.44. The Labute approximate surface area is 270 Å². The number of hydrogen-bond donors (Lipinski definition) is 1. The lowest BCUT2D eigenvalue weighted by atomic mass is 9.88. The first kappa shape index (κ1) is 43.1. The SMILES string of the molecule is CCCCCCCCCCCCCCCCC(CCCCCCCCCCCCCCCC)(C[N+](C)(C)C)OP(=O)([O-])O. The number of phosphoric ester groups is 1. The van der Waals surface area contributed by atoms with Crippen LogP contribution in [0.2, 0.25) is 0 Å². The molecule has 0 heterocycles. The van der Waals surface area contributed by atoms with Gasteiger partial charge in [-0.05, 0) is 12.8 Å². The molecule has 0 aliphatic rings. The summed E-state index contributed by atoms with van der Waals surface area (Å²) in [6.07, 6.45) is 37.9. The zero-order chi connectivity index (χ0) is 32.1. The summed E-state index contributed by atoms with van der Waals surface area (Å²) in [5.74, 6) is 0. The lowest BCUT2D eigenvalue weighted by molar-refractivity contribution is -0.876. The highest BCUT2D eigenvalue weighted by Gasteiger charge is 2.39. The molecule has 1 unspecified atom stereocenters. The zero-order valence-corrected chi connectivity index (χ0v) is 30.9. The molecule has 0 aromatic carbocycles. The number of rotatable bonds is 34. The van der Waals surface area contributed by atoms with Crippen LogP contribution < -0.4 is 4.89 Å². The fourth-order valence-electron chi connectivity index (χ4n) is 6.80. The molecule has 43 heavy (non-hydrogen) atoms. The lowest BCUT2D eigenvalue weighted by Crippen LogP contribution is -2.51. The average Bonchev–Trinajstić information content (AvgIpc) is 2.91. The molecular weight excluding hydrogens is 553 g/mol. The summed E-state index contributed by atoms with van der Waals surface area (Å²) in [7, 11) is 1.45. The molecule has 0 amide bonds. The number of hydrogen-bond acceptors (Lipinski definition) is 3. The summed E-state index contributed by atoms with van der Waals surface area (Å²) in [4.78, 5) is 21.7. The van der Waals surface area contributed by atoms with Crippen LogP contribution in [0.4, 0.5) is 0 Å². The van der Waals surface area contributed by atoms with E-state index in [0.29, 0.717) is 23.9 Å². The quantitative estimate of drug-likeness (QED) is 0.0436. The third-order valence-corrected chi connectivity index (χ3v) is 9.66. The Hall–Kier alpha value is 0.0700. The second-order valence-electron chi connectivity index (χ2n) is 14.9. The van der Waals surface area contributed by atoms with Gasteiger partial charge in [0.15, 0.2) is 0 Å². The monoisotopic (exact) mass is 632 g/mol. The van der Waals surface area contributed by atoms with Crippen molar-refractivity contribution in [3.63, 3.8) is 0 Å². The van der Waals surface area contributed by atoms with Gasteiger partial charge in [0.2, 0.25) is 0 Å². The summed E-state index contributed by atoms with van der Waals surface area (Å²) in [5.41, 5.74) is -0.807. The van der Waals surface area contributed by atoms with Crippen LogP contribution in [0.15, 0.2) is 0 Å². The highest BCUT2D eigenvalue weighted by Crippen LogP contribution is 2.43. The number of quaternary nitrogens is 1. The number of likely N-dealkylation sites (N-methyl/N-ethyl adjacent to an activating group) is 1. The van der Waals surface area contributed by atoms with Crippen LogP contribution in [0.25, 0.3) is 0 Å². The summed E-state index contributed by atoms with van der Waals surface area (Å²) in [5, 5.41) is 0. The topological polar surface area (TPSA) is 69.6 Å². The average molecular weight is 632 g/mol. The van der Waals surface area contributed by atoms with E-state index in [-0.39, 0.29) is 0 Å². The van der Waals surface area contributed by atoms with E-state index >= 15 is 0 Å². The Morgan fingerprint density at radius 3 is 0.953 bits per heavy atom. The Bertz CT molecular complexity index is 599. The minimum atomic E-state index is -4.81. The molecule has 0 saturated heterocycles. The van der Waals surface area contributed by atoms with Crippen molar-refractivity contribution in [1.82, 2.24) is 0 Å². The van der Waals surface area contributed by atoms with Crippen LogP contribution in [0.3, 0.4) is 0 Å². The standard InChI is InChI=1S/C37H78NO4P/c1-6-8-10-12-14-16-18-20-22-24-26-28-30-32-34-37(36-38(3,4)5,42-43(39,40)41)35-33-31-29-27-25-23-21-19-17-15-13-11-9-7-2/h6-36H2,1-5H3,(H-,39,40,41). The van der Waals surface area contributed by atoms with E-state index in [4.69, 9.17) is 4.52 Å². The van der Waals surface area contributed by atoms with Gasteiger partial charge in [-0.25, -0.2) is 0 Å². The van der Waals surface area contributed by atoms with E-state index in [9.17, 15) is 14.4 Å². The summed E-state index contributed by atoms with van der Waals surface area (Å²) in [6, 6.07) is 0. The van der Waals surface area contributed by atoms with Gasteiger partial charge in [-0.15, -0.1) is 0 Å². The predicted molar refractivity (Wildman–Crippen MR) is 186 cm³/mol. The first-order valence-corrected chi connectivity index (χ1v) is 20.6. The third kappa shape index (κ3) is 31.8. The lowest BCUT2D eigenvalue weighted by Gasteiger charge is -2.41. The molecule has 0 aromatic rings. The van der Waals surface area contributed by atoms with Crippen molar-refractivity contribution in [2.24, 2.45) is 0 Å². The van der Waals surface area contributed by atoms with E-state index in [1.54, 1.807) is 0 Å². The molecule has 0 fully saturated rings. The maximum absolute atomic E-state index is 12.0. The van der Waals surface area contributed by atoms with Crippen molar-refractivity contribution in [2.75, 3.05) is 27.7 Å². The van der Waals surface area contributed by atoms with Gasteiger partial charge < -0.3 is 18.8 Å². The van der Waals surface area contributed by atoms with Gasteiger partial charge in [-0.3, -0.25) is 4.57 Å². The largest absolute Gasteiger partial charge is 0.756 e. The first-order valence-electron chi connectivity index (χ1n) is 19.1. The fraction of sp³-hybridized carbons (Fsp3) is 1.00. The Kier molecular flexibility index (Phi) is 28.4. The molecule has 5 nitrogen and oxygen atoms in total. The number of phosphoric acid groups is 1. The van der Waals surface area contributed by atoms with Gasteiger partial charge >= 0.3 is 0 Å². The Morgan fingerprint density at radius 2 is 0.744 bits per heavy atom. The summed E-state index contributed by atoms with van der Waals surface area (Å²) < 4.78 is 18.2. The van der Waals surface area contributed by atoms with Crippen molar-refractivity contribution in [3.05, 3.63) is 0 Å². The van der Waals surface area contributed by atoms with Gasteiger partial charge in [0.05, 0.1) is 21.1 Å². The minimum absolute atomic E-state index is 0.594. The Balaban J connectivity index is 4.29. The molecule has 0 aliphatic carbocycles. The van der Waals surface area contributed by atoms with Crippen LogP contribution in [0.1, 0.15) is 206 Å². The van der Waals surface area contributed by atoms with Crippen molar-refractivity contribution in [1.29, 1.82) is 0 Å². The first-order chi connectivity index (χ1) is 20.5. The van der Waals surface area contributed by atoms with Crippen molar-refractivity contribution >= 4 is 7.82 Å². The molecule has 0 aliphatic heterocycles. The van der Waals surface area contributed by atoms with Gasteiger partial charge in [0.25, 0.3) is 7.82 Å². The van der Waals surface area contributed by atoms with Crippen molar-refractivity contribution in [3.8, 4) is 0 Å². The molecule has 0 aromatic heterocycles. The second-order valence-corrected chi connectivity index (χ2v) is 16.0. The number of nitrogens with zero attached hydrogens (tertiary/aromatic N) is 1. The van der Waals surface area contributed by atoms with Crippen molar-refractivity contribution in [2.45, 2.75) is 212 Å². The third-order valence-electron chi connectivity index (χ3n) is 9.04. The second kappa shape index (κ2) is 28.3. The van der Waals surface area contributed by atoms with Crippen LogP contribution in [-0.4, -0.2) is 42.7 Å². The van der Waals surface area contributed by atoms with E-state index in [0.717, 1.165) is 25.7 Å². The summed E-state index contributed by atoms with van der Waals surface area (Å²) in [6.45, 7) is 5.14.